The third kappa shape index (κ3) is 4.63. The largest absolute Gasteiger partial charge is 0.481 e. The standard InChI is InChI=1S/C13H19N3O3S/c17-11(18)8-10-12(19)14-13(20-10)16-15-9-6-4-2-1-3-5-7-9/h10H,1-8H2,(H,17,18)(H,14,16,19)/t10-/m0/s1. The fraction of sp³-hybridized carbons (Fsp3) is 0.692. The van der Waals surface area contributed by atoms with E-state index in [0.29, 0.717) is 5.17 Å². The van der Waals surface area contributed by atoms with Crippen LogP contribution in [-0.4, -0.2) is 33.1 Å². The maximum Gasteiger partial charge on any atom is 0.305 e. The van der Waals surface area contributed by atoms with Crippen LogP contribution in [0, 0.1) is 0 Å². The van der Waals surface area contributed by atoms with E-state index in [0.717, 1.165) is 43.2 Å². The Balaban J connectivity index is 1.93. The zero-order valence-corrected chi connectivity index (χ0v) is 12.1. The summed E-state index contributed by atoms with van der Waals surface area (Å²) in [6.07, 6.45) is 7.80. The van der Waals surface area contributed by atoms with Crippen LogP contribution in [-0.2, 0) is 9.59 Å². The van der Waals surface area contributed by atoms with Gasteiger partial charge < -0.3 is 10.4 Å². The smallest absolute Gasteiger partial charge is 0.305 e. The minimum Gasteiger partial charge on any atom is -0.481 e. The van der Waals surface area contributed by atoms with Gasteiger partial charge in [-0.2, -0.15) is 5.10 Å². The molecular formula is C13H19N3O3S. The van der Waals surface area contributed by atoms with Gasteiger partial charge in [-0.25, -0.2) is 0 Å². The third-order valence-electron chi connectivity index (χ3n) is 3.35. The number of amidine groups is 1. The molecule has 6 nitrogen and oxygen atoms in total. The van der Waals surface area contributed by atoms with Gasteiger partial charge in [0.05, 0.1) is 6.42 Å². The Labute approximate surface area is 122 Å². The van der Waals surface area contributed by atoms with Gasteiger partial charge in [-0.3, -0.25) is 9.59 Å². The van der Waals surface area contributed by atoms with Gasteiger partial charge in [0.25, 0.3) is 0 Å². The molecule has 0 aromatic rings. The Morgan fingerprint density at radius 3 is 2.50 bits per heavy atom. The van der Waals surface area contributed by atoms with Gasteiger partial charge >= 0.3 is 5.97 Å². The number of carbonyl (C=O) groups is 2. The van der Waals surface area contributed by atoms with Gasteiger partial charge in [0, 0.05) is 5.71 Å². The first kappa shape index (κ1) is 15.0. The first-order valence-electron chi connectivity index (χ1n) is 6.98. The normalized spacial score (nSPS) is 26.0. The van der Waals surface area contributed by atoms with Crippen molar-refractivity contribution in [3.05, 3.63) is 0 Å². The molecule has 1 amide bonds. The monoisotopic (exact) mass is 297 g/mol. The highest BCUT2D eigenvalue weighted by molar-refractivity contribution is 8.15. The van der Waals surface area contributed by atoms with Crippen molar-refractivity contribution < 1.29 is 14.7 Å². The van der Waals surface area contributed by atoms with E-state index in [2.05, 4.69) is 15.5 Å². The van der Waals surface area contributed by atoms with Gasteiger partial charge in [0.15, 0.2) is 5.17 Å². The number of carboxylic acids is 1. The highest BCUT2D eigenvalue weighted by atomic mass is 32.2. The lowest BCUT2D eigenvalue weighted by molar-refractivity contribution is -0.138. The molecule has 0 radical (unpaired) electrons. The number of carboxylic acid groups (broad SMARTS) is 1. The Morgan fingerprint density at radius 1 is 1.20 bits per heavy atom. The summed E-state index contributed by atoms with van der Waals surface area (Å²) in [7, 11) is 0. The molecule has 2 rings (SSSR count). The molecule has 1 heterocycles. The number of carbonyl (C=O) groups excluding carboxylic acids is 1. The van der Waals surface area contributed by atoms with Crippen LogP contribution in [0.2, 0.25) is 0 Å². The van der Waals surface area contributed by atoms with E-state index in [9.17, 15) is 9.59 Å². The van der Waals surface area contributed by atoms with Crippen LogP contribution in [0.4, 0.5) is 0 Å². The molecule has 110 valence electrons. The van der Waals surface area contributed by atoms with Crippen molar-refractivity contribution in [2.75, 3.05) is 0 Å². The van der Waals surface area contributed by atoms with Crippen LogP contribution in [0.1, 0.15) is 51.4 Å². The molecule has 7 heteroatoms. The number of aliphatic carboxylic acids is 1. The average molecular weight is 297 g/mol. The second-order valence-corrected chi connectivity index (χ2v) is 6.22. The second-order valence-electron chi connectivity index (χ2n) is 5.03. The van der Waals surface area contributed by atoms with Crippen molar-refractivity contribution in [2.45, 2.75) is 56.6 Å². The summed E-state index contributed by atoms with van der Waals surface area (Å²) in [5.74, 6) is -1.28. The lowest BCUT2D eigenvalue weighted by Gasteiger charge is -2.09. The molecular weight excluding hydrogens is 278 g/mol. The summed E-state index contributed by atoms with van der Waals surface area (Å²) in [4.78, 5) is 22.2. The van der Waals surface area contributed by atoms with E-state index in [-0.39, 0.29) is 12.3 Å². The number of rotatable bonds is 3. The highest BCUT2D eigenvalue weighted by Gasteiger charge is 2.32. The number of amides is 1. The van der Waals surface area contributed by atoms with E-state index in [4.69, 9.17) is 5.11 Å². The molecule has 1 aliphatic heterocycles. The third-order valence-corrected chi connectivity index (χ3v) is 4.42. The molecule has 0 unspecified atom stereocenters. The molecule has 0 aromatic carbocycles. The van der Waals surface area contributed by atoms with Crippen molar-refractivity contribution in [1.29, 1.82) is 0 Å². The van der Waals surface area contributed by atoms with Crippen molar-refractivity contribution in [1.82, 2.24) is 5.32 Å². The quantitative estimate of drug-likeness (QED) is 0.781. The predicted octanol–water partition coefficient (Wildman–Crippen LogP) is 2.15. The fourth-order valence-corrected chi connectivity index (χ4v) is 3.18. The zero-order chi connectivity index (χ0) is 14.4. The molecule has 2 fully saturated rings. The van der Waals surface area contributed by atoms with Crippen LogP contribution in [0.3, 0.4) is 0 Å². The van der Waals surface area contributed by atoms with Gasteiger partial charge in [-0.05, 0) is 25.7 Å². The molecule has 1 atom stereocenters. The van der Waals surface area contributed by atoms with E-state index in [1.54, 1.807) is 0 Å². The summed E-state index contributed by atoms with van der Waals surface area (Å²) in [6, 6.07) is 0. The highest BCUT2D eigenvalue weighted by Crippen LogP contribution is 2.22. The van der Waals surface area contributed by atoms with Crippen molar-refractivity contribution >= 4 is 34.5 Å². The fourth-order valence-electron chi connectivity index (χ4n) is 2.27. The zero-order valence-electron chi connectivity index (χ0n) is 11.3. The molecule has 0 bridgehead atoms. The second kappa shape index (κ2) is 7.42. The molecule has 1 saturated carbocycles. The van der Waals surface area contributed by atoms with Crippen molar-refractivity contribution in [2.24, 2.45) is 10.2 Å². The first-order valence-corrected chi connectivity index (χ1v) is 7.86. The molecule has 1 aliphatic carbocycles. The molecule has 1 saturated heterocycles. The number of thioether (sulfide) groups is 1. The summed E-state index contributed by atoms with van der Waals surface area (Å²) >= 11 is 1.15. The van der Waals surface area contributed by atoms with Crippen LogP contribution < -0.4 is 5.32 Å². The summed E-state index contributed by atoms with van der Waals surface area (Å²) in [6.45, 7) is 0. The van der Waals surface area contributed by atoms with E-state index >= 15 is 0 Å². The first-order chi connectivity index (χ1) is 9.65. The topological polar surface area (TPSA) is 91.1 Å². The van der Waals surface area contributed by atoms with Crippen molar-refractivity contribution in [3.8, 4) is 0 Å². The number of hydrogen-bond acceptors (Lipinski definition) is 5. The van der Waals surface area contributed by atoms with E-state index in [1.165, 1.54) is 19.3 Å². The predicted molar refractivity (Wildman–Crippen MR) is 79.0 cm³/mol. The number of nitrogens with one attached hydrogen (secondary N) is 1. The van der Waals surface area contributed by atoms with Gasteiger partial charge in [0.2, 0.25) is 5.91 Å². The van der Waals surface area contributed by atoms with E-state index < -0.39 is 11.2 Å². The minimum absolute atomic E-state index is 0.188. The summed E-state index contributed by atoms with van der Waals surface area (Å²) < 4.78 is 0. The SMILES string of the molecule is O=C(O)C[C@@H]1S/C(=N\N=C2CCCCCCC2)NC1=O. The number of nitrogens with zero attached hydrogens (tertiary/aromatic N) is 2. The van der Waals surface area contributed by atoms with Crippen LogP contribution in [0.5, 0.6) is 0 Å². The summed E-state index contributed by atoms with van der Waals surface area (Å²) in [5.41, 5.74) is 1.08. The van der Waals surface area contributed by atoms with Gasteiger partial charge in [0.1, 0.15) is 5.25 Å². The van der Waals surface area contributed by atoms with Gasteiger partial charge in [-0.15, -0.1) is 5.10 Å². The average Bonchev–Trinajstić information content (AvgIpc) is 2.68. The Kier molecular flexibility index (Phi) is 5.58. The Hall–Kier alpha value is -1.37. The summed E-state index contributed by atoms with van der Waals surface area (Å²) in [5, 5.41) is 19.4. The molecule has 20 heavy (non-hydrogen) atoms. The van der Waals surface area contributed by atoms with Crippen LogP contribution in [0.15, 0.2) is 10.2 Å². The maximum atomic E-state index is 11.5. The molecule has 2 aliphatic rings. The van der Waals surface area contributed by atoms with Crippen LogP contribution in [0.25, 0.3) is 0 Å². The number of hydrogen-bond donors (Lipinski definition) is 2. The lowest BCUT2D eigenvalue weighted by Crippen LogP contribution is -2.26. The minimum atomic E-state index is -0.981. The molecule has 0 spiro atoms. The van der Waals surface area contributed by atoms with E-state index in [1.807, 2.05) is 0 Å². The molecule has 2 N–H and O–H groups in total. The van der Waals surface area contributed by atoms with Gasteiger partial charge in [-0.1, -0.05) is 31.0 Å². The Morgan fingerprint density at radius 2 is 1.85 bits per heavy atom. The lowest BCUT2D eigenvalue weighted by atomic mass is 9.99. The Bertz CT molecular complexity index is 438. The maximum absolute atomic E-state index is 11.5. The van der Waals surface area contributed by atoms with Crippen LogP contribution >= 0.6 is 11.8 Å². The molecule has 0 aromatic heterocycles. The van der Waals surface area contributed by atoms with Crippen molar-refractivity contribution in [3.63, 3.8) is 0 Å².